The molecule has 1 amide bonds. The molecule has 7 heteroatoms. The van der Waals surface area contributed by atoms with Crippen LogP contribution in [0.1, 0.15) is 10.5 Å². The number of H-pyrrole nitrogens is 1. The van der Waals surface area contributed by atoms with Crippen molar-refractivity contribution in [3.8, 4) is 11.3 Å². The van der Waals surface area contributed by atoms with Crippen molar-refractivity contribution in [2.75, 3.05) is 7.05 Å². The molecule has 19 heavy (non-hydrogen) atoms. The van der Waals surface area contributed by atoms with E-state index >= 15 is 0 Å². The second-order valence-electron chi connectivity index (χ2n) is 3.78. The molecule has 0 aliphatic heterocycles. The van der Waals surface area contributed by atoms with Crippen LogP contribution in [0.15, 0.2) is 30.3 Å². The first-order valence-electron chi connectivity index (χ1n) is 5.38. The van der Waals surface area contributed by atoms with Crippen molar-refractivity contribution in [1.29, 1.82) is 0 Å². The van der Waals surface area contributed by atoms with E-state index in [4.69, 9.17) is 11.6 Å². The van der Waals surface area contributed by atoms with E-state index in [0.29, 0.717) is 22.0 Å². The van der Waals surface area contributed by atoms with Gasteiger partial charge in [0.2, 0.25) is 0 Å². The van der Waals surface area contributed by atoms with Crippen molar-refractivity contribution in [3.05, 3.63) is 51.2 Å². The van der Waals surface area contributed by atoms with Gasteiger partial charge in [0.15, 0.2) is 0 Å². The van der Waals surface area contributed by atoms with Crippen molar-refractivity contribution in [2.24, 2.45) is 0 Å². The van der Waals surface area contributed by atoms with Gasteiger partial charge in [-0.25, -0.2) is 0 Å². The fourth-order valence-corrected chi connectivity index (χ4v) is 1.87. The summed E-state index contributed by atoms with van der Waals surface area (Å²) in [7, 11) is 1.50. The molecule has 0 aliphatic carbocycles. The van der Waals surface area contributed by atoms with E-state index in [1.165, 1.54) is 25.2 Å². The highest BCUT2D eigenvalue weighted by molar-refractivity contribution is 6.31. The van der Waals surface area contributed by atoms with Gasteiger partial charge in [0.1, 0.15) is 5.69 Å². The van der Waals surface area contributed by atoms with Gasteiger partial charge in [0.25, 0.3) is 11.6 Å². The van der Waals surface area contributed by atoms with Crippen LogP contribution in [-0.4, -0.2) is 22.9 Å². The topological polar surface area (TPSA) is 88.0 Å². The molecule has 0 unspecified atom stereocenters. The lowest BCUT2D eigenvalue weighted by molar-refractivity contribution is -0.384. The maximum absolute atomic E-state index is 11.4. The molecule has 2 N–H and O–H groups in total. The summed E-state index contributed by atoms with van der Waals surface area (Å²) >= 11 is 5.85. The molecule has 0 saturated carbocycles. The molecule has 2 aromatic rings. The number of carbonyl (C=O) groups excluding carboxylic acids is 1. The Labute approximate surface area is 113 Å². The van der Waals surface area contributed by atoms with E-state index in [0.717, 1.165) is 0 Å². The van der Waals surface area contributed by atoms with Crippen LogP contribution in [0.5, 0.6) is 0 Å². The highest BCUT2D eigenvalue weighted by atomic mass is 35.5. The monoisotopic (exact) mass is 279 g/mol. The number of nitrogens with zero attached hydrogens (tertiary/aromatic N) is 1. The normalized spacial score (nSPS) is 10.2. The molecule has 6 nitrogen and oxygen atoms in total. The average Bonchev–Trinajstić information content (AvgIpc) is 2.86. The predicted octanol–water partition coefficient (Wildman–Crippen LogP) is 2.60. The lowest BCUT2D eigenvalue weighted by Gasteiger charge is -2.02. The minimum Gasteiger partial charge on any atom is -0.354 e. The third-order valence-electron chi connectivity index (χ3n) is 2.60. The molecule has 1 aromatic heterocycles. The summed E-state index contributed by atoms with van der Waals surface area (Å²) in [5.74, 6) is -0.295. The highest BCUT2D eigenvalue weighted by Gasteiger charge is 2.17. The Kier molecular flexibility index (Phi) is 3.52. The molecule has 1 heterocycles. The van der Waals surface area contributed by atoms with E-state index in [1.54, 1.807) is 12.1 Å². The summed E-state index contributed by atoms with van der Waals surface area (Å²) in [5.41, 5.74) is 1.06. The Morgan fingerprint density at radius 3 is 2.74 bits per heavy atom. The maximum Gasteiger partial charge on any atom is 0.278 e. The van der Waals surface area contributed by atoms with E-state index in [2.05, 4.69) is 10.3 Å². The van der Waals surface area contributed by atoms with Crippen molar-refractivity contribution < 1.29 is 9.72 Å². The molecule has 0 bridgehead atoms. The number of hydrogen-bond acceptors (Lipinski definition) is 3. The van der Waals surface area contributed by atoms with E-state index in [9.17, 15) is 14.9 Å². The van der Waals surface area contributed by atoms with Crippen molar-refractivity contribution in [1.82, 2.24) is 10.3 Å². The number of nitro benzene ring substituents is 1. The number of amides is 1. The van der Waals surface area contributed by atoms with Crippen LogP contribution in [0.3, 0.4) is 0 Å². The van der Waals surface area contributed by atoms with Crippen molar-refractivity contribution >= 4 is 23.2 Å². The summed E-state index contributed by atoms with van der Waals surface area (Å²) in [5, 5.41) is 13.8. The van der Waals surface area contributed by atoms with Gasteiger partial charge < -0.3 is 10.3 Å². The van der Waals surface area contributed by atoms with Gasteiger partial charge in [-0.3, -0.25) is 14.9 Å². The van der Waals surface area contributed by atoms with Gasteiger partial charge in [-0.05, 0) is 24.3 Å². The summed E-state index contributed by atoms with van der Waals surface area (Å²) in [6.45, 7) is 0. The summed E-state index contributed by atoms with van der Waals surface area (Å²) in [6, 6.07) is 7.42. The number of aromatic amines is 1. The van der Waals surface area contributed by atoms with Crippen LogP contribution >= 0.6 is 11.6 Å². The Bertz CT molecular complexity index is 651. The first-order valence-corrected chi connectivity index (χ1v) is 5.76. The van der Waals surface area contributed by atoms with Gasteiger partial charge in [-0.2, -0.15) is 0 Å². The Morgan fingerprint density at radius 1 is 1.37 bits per heavy atom. The third-order valence-corrected chi connectivity index (χ3v) is 2.84. The lowest BCUT2D eigenvalue weighted by Crippen LogP contribution is -2.17. The molecular weight excluding hydrogens is 270 g/mol. The zero-order valence-corrected chi connectivity index (χ0v) is 10.7. The van der Waals surface area contributed by atoms with Crippen molar-refractivity contribution in [2.45, 2.75) is 0 Å². The first-order chi connectivity index (χ1) is 9.02. The minimum absolute atomic E-state index is 0.0743. The van der Waals surface area contributed by atoms with Crippen LogP contribution in [-0.2, 0) is 0 Å². The van der Waals surface area contributed by atoms with Crippen LogP contribution in [0.25, 0.3) is 11.3 Å². The second kappa shape index (κ2) is 5.11. The van der Waals surface area contributed by atoms with Gasteiger partial charge in [0.05, 0.1) is 16.2 Å². The van der Waals surface area contributed by atoms with E-state index in [1.807, 2.05) is 0 Å². The van der Waals surface area contributed by atoms with Gasteiger partial charge in [0, 0.05) is 18.1 Å². The number of benzene rings is 1. The molecule has 0 spiro atoms. The Morgan fingerprint density at radius 2 is 2.11 bits per heavy atom. The third kappa shape index (κ3) is 2.58. The number of halogens is 1. The Balaban J connectivity index is 2.52. The van der Waals surface area contributed by atoms with E-state index in [-0.39, 0.29) is 11.6 Å². The summed E-state index contributed by atoms with van der Waals surface area (Å²) < 4.78 is 0. The lowest BCUT2D eigenvalue weighted by atomic mass is 10.1. The molecule has 1 aromatic carbocycles. The SMILES string of the molecule is CNC(=O)c1ccc(-c2cc(Cl)ccc2[N+](=O)[O-])[nH]1. The van der Waals surface area contributed by atoms with Crippen LogP contribution in [0, 0.1) is 10.1 Å². The second-order valence-corrected chi connectivity index (χ2v) is 4.22. The molecule has 0 radical (unpaired) electrons. The van der Waals surface area contributed by atoms with Crippen LogP contribution < -0.4 is 5.32 Å². The number of carbonyl (C=O) groups is 1. The first kappa shape index (κ1) is 13.1. The zero-order valence-electron chi connectivity index (χ0n) is 9.94. The largest absolute Gasteiger partial charge is 0.354 e. The van der Waals surface area contributed by atoms with Crippen LogP contribution in [0.2, 0.25) is 5.02 Å². The average molecular weight is 280 g/mol. The number of aromatic nitrogens is 1. The number of rotatable bonds is 3. The minimum atomic E-state index is -0.494. The maximum atomic E-state index is 11.4. The summed E-state index contributed by atoms with van der Waals surface area (Å²) in [4.78, 5) is 24.7. The summed E-state index contributed by atoms with van der Waals surface area (Å²) in [6.07, 6.45) is 0. The number of hydrogen-bond donors (Lipinski definition) is 2. The standard InChI is InChI=1S/C12H10ClN3O3/c1-14-12(17)10-4-3-9(15-10)8-6-7(13)2-5-11(8)16(18)19/h2-6,15H,1H3,(H,14,17). The molecule has 0 fully saturated rings. The molecule has 98 valence electrons. The molecule has 0 saturated heterocycles. The number of nitro groups is 1. The smallest absolute Gasteiger partial charge is 0.278 e. The fourth-order valence-electron chi connectivity index (χ4n) is 1.70. The predicted molar refractivity (Wildman–Crippen MR) is 71.3 cm³/mol. The van der Waals surface area contributed by atoms with Gasteiger partial charge >= 0.3 is 0 Å². The fraction of sp³-hybridized carbons (Fsp3) is 0.0833. The molecule has 0 atom stereocenters. The quantitative estimate of drug-likeness (QED) is 0.668. The van der Waals surface area contributed by atoms with Gasteiger partial charge in [-0.15, -0.1) is 0 Å². The molecule has 2 rings (SSSR count). The highest BCUT2D eigenvalue weighted by Crippen LogP contribution is 2.31. The van der Waals surface area contributed by atoms with E-state index < -0.39 is 4.92 Å². The molecular formula is C12H10ClN3O3. The number of nitrogens with one attached hydrogen (secondary N) is 2. The van der Waals surface area contributed by atoms with Crippen LogP contribution in [0.4, 0.5) is 5.69 Å². The Hall–Kier alpha value is -2.34. The molecule has 0 aliphatic rings. The van der Waals surface area contributed by atoms with Gasteiger partial charge in [-0.1, -0.05) is 11.6 Å². The van der Waals surface area contributed by atoms with Crippen molar-refractivity contribution in [3.63, 3.8) is 0 Å². The zero-order chi connectivity index (χ0) is 14.0.